The maximum atomic E-state index is 12.8. The lowest BCUT2D eigenvalue weighted by Gasteiger charge is -2.23. The molecule has 2 aliphatic heterocycles. The van der Waals surface area contributed by atoms with Gasteiger partial charge >= 0.3 is 0 Å². The van der Waals surface area contributed by atoms with Crippen molar-refractivity contribution in [3.63, 3.8) is 0 Å². The molecule has 0 aliphatic carbocycles. The molecule has 0 radical (unpaired) electrons. The van der Waals surface area contributed by atoms with E-state index in [1.54, 1.807) is 14.2 Å². The largest absolute Gasteiger partial charge is 0.377 e. The first kappa shape index (κ1) is 14.5. The molecule has 1 N–H and O–H groups in total. The van der Waals surface area contributed by atoms with E-state index in [4.69, 9.17) is 9.47 Å². The summed E-state index contributed by atoms with van der Waals surface area (Å²) in [6.07, 6.45) is 0.826. The fourth-order valence-electron chi connectivity index (χ4n) is 3.27. The van der Waals surface area contributed by atoms with Crippen LogP contribution in [0.3, 0.4) is 0 Å². The van der Waals surface area contributed by atoms with Gasteiger partial charge in [0.05, 0.1) is 0 Å². The van der Waals surface area contributed by atoms with E-state index in [-0.39, 0.29) is 18.1 Å². The molecule has 1 saturated heterocycles. The van der Waals surface area contributed by atoms with Crippen LogP contribution in [0.4, 0.5) is 0 Å². The van der Waals surface area contributed by atoms with Gasteiger partial charge in [0.15, 0.2) is 0 Å². The molecule has 0 saturated carbocycles. The standard InChI is InChI=1S/C16H22N2O3/c1-20-14-9-18(10-15(14)21-2)16(19)13-5-3-4-11-8-17-7-6-12(11)13/h3-5,14-15,17H,6-10H2,1-2H3. The molecule has 1 fully saturated rings. The summed E-state index contributed by atoms with van der Waals surface area (Å²) in [5.74, 6) is 0.0929. The monoisotopic (exact) mass is 290 g/mol. The van der Waals surface area contributed by atoms with E-state index in [9.17, 15) is 4.79 Å². The molecule has 1 aromatic rings. The molecule has 1 aromatic carbocycles. The van der Waals surface area contributed by atoms with Gasteiger partial charge in [-0.15, -0.1) is 0 Å². The lowest BCUT2D eigenvalue weighted by molar-refractivity contribution is -0.00461. The second kappa shape index (κ2) is 6.13. The Labute approximate surface area is 125 Å². The van der Waals surface area contributed by atoms with Crippen LogP contribution in [0.5, 0.6) is 0 Å². The van der Waals surface area contributed by atoms with Gasteiger partial charge in [0.25, 0.3) is 5.91 Å². The van der Waals surface area contributed by atoms with Crippen LogP contribution in [0.2, 0.25) is 0 Å². The van der Waals surface area contributed by atoms with Gasteiger partial charge < -0.3 is 19.7 Å². The lowest BCUT2D eigenvalue weighted by Crippen LogP contribution is -2.33. The van der Waals surface area contributed by atoms with Gasteiger partial charge in [0, 0.05) is 39.4 Å². The van der Waals surface area contributed by atoms with Crippen LogP contribution in [0.15, 0.2) is 18.2 Å². The number of hydrogen-bond donors (Lipinski definition) is 1. The van der Waals surface area contributed by atoms with Crippen molar-refractivity contribution in [3.8, 4) is 0 Å². The number of nitrogens with one attached hydrogen (secondary N) is 1. The molecule has 2 unspecified atom stereocenters. The first-order valence-corrected chi connectivity index (χ1v) is 7.41. The second-order valence-electron chi connectivity index (χ2n) is 5.63. The van der Waals surface area contributed by atoms with Gasteiger partial charge in [-0.3, -0.25) is 4.79 Å². The average molecular weight is 290 g/mol. The van der Waals surface area contributed by atoms with E-state index >= 15 is 0 Å². The van der Waals surface area contributed by atoms with E-state index < -0.39 is 0 Å². The van der Waals surface area contributed by atoms with Crippen molar-refractivity contribution in [1.82, 2.24) is 10.2 Å². The van der Waals surface area contributed by atoms with Crippen LogP contribution in [-0.2, 0) is 22.4 Å². The molecule has 114 valence electrons. The number of rotatable bonds is 3. The Balaban J connectivity index is 1.83. The van der Waals surface area contributed by atoms with Gasteiger partial charge in [-0.1, -0.05) is 12.1 Å². The van der Waals surface area contributed by atoms with Crippen molar-refractivity contribution in [1.29, 1.82) is 0 Å². The average Bonchev–Trinajstić information content (AvgIpc) is 2.97. The number of ether oxygens (including phenoxy) is 2. The van der Waals surface area contributed by atoms with E-state index in [0.29, 0.717) is 13.1 Å². The van der Waals surface area contributed by atoms with Crippen molar-refractivity contribution in [2.75, 3.05) is 33.9 Å². The van der Waals surface area contributed by atoms with Crippen LogP contribution >= 0.6 is 0 Å². The van der Waals surface area contributed by atoms with Crippen molar-refractivity contribution < 1.29 is 14.3 Å². The van der Waals surface area contributed by atoms with Gasteiger partial charge in [-0.05, 0) is 30.2 Å². The van der Waals surface area contributed by atoms with Crippen LogP contribution in [0.1, 0.15) is 21.5 Å². The van der Waals surface area contributed by atoms with Gasteiger partial charge in [-0.2, -0.15) is 0 Å². The maximum Gasteiger partial charge on any atom is 0.254 e. The Morgan fingerprint density at radius 3 is 2.62 bits per heavy atom. The lowest BCUT2D eigenvalue weighted by atomic mass is 9.95. The van der Waals surface area contributed by atoms with Gasteiger partial charge in [-0.25, -0.2) is 0 Å². The molecular weight excluding hydrogens is 268 g/mol. The Bertz CT molecular complexity index is 520. The summed E-state index contributed by atoms with van der Waals surface area (Å²) in [5.41, 5.74) is 3.26. The Hall–Kier alpha value is -1.43. The normalized spacial score (nSPS) is 25.0. The quantitative estimate of drug-likeness (QED) is 0.895. The highest BCUT2D eigenvalue weighted by Gasteiger charge is 2.36. The number of amides is 1. The smallest absolute Gasteiger partial charge is 0.254 e. The predicted octanol–water partition coefficient (Wildman–Crippen LogP) is 0.818. The molecule has 0 spiro atoms. The van der Waals surface area contributed by atoms with Crippen molar-refractivity contribution >= 4 is 5.91 Å². The number of benzene rings is 1. The van der Waals surface area contributed by atoms with Crippen LogP contribution in [0.25, 0.3) is 0 Å². The minimum Gasteiger partial charge on any atom is -0.377 e. The molecule has 3 rings (SSSR count). The maximum absolute atomic E-state index is 12.8. The topological polar surface area (TPSA) is 50.8 Å². The molecule has 0 aromatic heterocycles. The number of likely N-dealkylation sites (tertiary alicyclic amines) is 1. The summed E-state index contributed by atoms with van der Waals surface area (Å²) in [5, 5.41) is 3.34. The zero-order chi connectivity index (χ0) is 14.8. The van der Waals surface area contributed by atoms with Crippen LogP contribution in [-0.4, -0.2) is 56.9 Å². The molecule has 0 bridgehead atoms. The summed E-state index contributed by atoms with van der Waals surface area (Å²) < 4.78 is 10.8. The predicted molar refractivity (Wildman–Crippen MR) is 79.4 cm³/mol. The Kier molecular flexibility index (Phi) is 4.24. The van der Waals surface area contributed by atoms with Crippen molar-refractivity contribution in [2.45, 2.75) is 25.2 Å². The highest BCUT2D eigenvalue weighted by Crippen LogP contribution is 2.23. The number of nitrogens with zero attached hydrogens (tertiary/aromatic N) is 1. The third kappa shape index (κ3) is 2.69. The molecular formula is C16H22N2O3. The summed E-state index contributed by atoms with van der Waals surface area (Å²) in [6.45, 7) is 2.96. The van der Waals surface area contributed by atoms with Crippen molar-refractivity contribution in [3.05, 3.63) is 34.9 Å². The van der Waals surface area contributed by atoms with Crippen LogP contribution in [0, 0.1) is 0 Å². The molecule has 1 amide bonds. The summed E-state index contributed by atoms with van der Waals surface area (Å²) in [6, 6.07) is 6.00. The molecule has 2 aliphatic rings. The molecule has 2 atom stereocenters. The van der Waals surface area contributed by atoms with Crippen LogP contribution < -0.4 is 5.32 Å². The SMILES string of the molecule is COC1CN(C(=O)c2cccc3c2CCNC3)CC1OC. The molecule has 5 heteroatoms. The van der Waals surface area contributed by atoms with Crippen molar-refractivity contribution in [2.24, 2.45) is 0 Å². The minimum absolute atomic E-state index is 0.0415. The third-order valence-corrected chi connectivity index (χ3v) is 4.48. The number of fused-ring (bicyclic) bond motifs is 1. The van der Waals surface area contributed by atoms with E-state index in [2.05, 4.69) is 11.4 Å². The number of methoxy groups -OCH3 is 2. The minimum atomic E-state index is -0.0415. The first-order valence-electron chi connectivity index (χ1n) is 7.41. The summed E-state index contributed by atoms with van der Waals surface area (Å²) in [7, 11) is 3.33. The Morgan fingerprint density at radius 1 is 1.24 bits per heavy atom. The third-order valence-electron chi connectivity index (χ3n) is 4.48. The van der Waals surface area contributed by atoms with E-state index in [1.165, 1.54) is 11.1 Å². The van der Waals surface area contributed by atoms with E-state index in [0.717, 1.165) is 25.1 Å². The first-order chi connectivity index (χ1) is 10.2. The molecule has 2 heterocycles. The highest BCUT2D eigenvalue weighted by molar-refractivity contribution is 5.96. The fraction of sp³-hybridized carbons (Fsp3) is 0.562. The van der Waals surface area contributed by atoms with Gasteiger partial charge in [0.2, 0.25) is 0 Å². The number of carbonyl (C=O) groups excluding carboxylic acids is 1. The fourth-order valence-corrected chi connectivity index (χ4v) is 3.27. The van der Waals surface area contributed by atoms with Gasteiger partial charge in [0.1, 0.15) is 12.2 Å². The molecule has 5 nitrogen and oxygen atoms in total. The Morgan fingerprint density at radius 2 is 1.95 bits per heavy atom. The zero-order valence-electron chi connectivity index (χ0n) is 12.6. The highest BCUT2D eigenvalue weighted by atomic mass is 16.5. The number of hydrogen-bond acceptors (Lipinski definition) is 4. The summed E-state index contributed by atoms with van der Waals surface area (Å²) in [4.78, 5) is 14.7. The number of carbonyl (C=O) groups is 1. The van der Waals surface area contributed by atoms with E-state index in [1.807, 2.05) is 17.0 Å². The second-order valence-corrected chi connectivity index (χ2v) is 5.63. The zero-order valence-corrected chi connectivity index (χ0v) is 12.6. The summed E-state index contributed by atoms with van der Waals surface area (Å²) >= 11 is 0. The molecule has 21 heavy (non-hydrogen) atoms.